The molecule has 1 unspecified atom stereocenters. The Kier molecular flexibility index (Phi) is 6.69. The van der Waals surface area contributed by atoms with Crippen LogP contribution in [-0.2, 0) is 21.4 Å². The maximum atomic E-state index is 13.0. The summed E-state index contributed by atoms with van der Waals surface area (Å²) in [6.45, 7) is 0.411. The Hall–Kier alpha value is -2.56. The summed E-state index contributed by atoms with van der Waals surface area (Å²) >= 11 is 8.06. The molecule has 0 saturated carbocycles. The Morgan fingerprint density at radius 3 is 2.79 bits per heavy atom. The Morgan fingerprint density at radius 2 is 2.12 bits per heavy atom. The number of thiophene rings is 1. The number of aromatic nitrogens is 1. The van der Waals surface area contributed by atoms with Crippen molar-refractivity contribution < 1.29 is 18.1 Å². The molecule has 0 radical (unpaired) electrons. The first kappa shape index (κ1) is 23.6. The molecule has 2 aromatic heterocycles. The van der Waals surface area contributed by atoms with Gasteiger partial charge in [-0.25, -0.2) is 8.42 Å². The fourth-order valence-corrected chi connectivity index (χ4v) is 7.79. The normalized spacial score (nSPS) is 17.8. The van der Waals surface area contributed by atoms with Crippen LogP contribution in [-0.4, -0.2) is 41.2 Å². The molecule has 33 heavy (non-hydrogen) atoms. The molecule has 9 nitrogen and oxygen atoms in total. The predicted molar refractivity (Wildman–Crippen MR) is 127 cm³/mol. The van der Waals surface area contributed by atoms with Gasteiger partial charge in [0.2, 0.25) is 0 Å². The number of thiazole rings is 1. The lowest BCUT2D eigenvalue weighted by Gasteiger charge is -2.29. The molecule has 1 aromatic carbocycles. The highest BCUT2D eigenvalue weighted by molar-refractivity contribution is 7.91. The van der Waals surface area contributed by atoms with E-state index in [4.69, 9.17) is 18.0 Å². The number of fused-ring (bicyclic) bond motifs is 1. The second kappa shape index (κ2) is 9.36. The van der Waals surface area contributed by atoms with Gasteiger partial charge >= 0.3 is 0 Å². The first-order chi connectivity index (χ1) is 15.7. The molecule has 4 rings (SSSR count). The Bertz CT molecular complexity index is 1460. The van der Waals surface area contributed by atoms with Crippen molar-refractivity contribution in [3.8, 4) is 12.3 Å². The summed E-state index contributed by atoms with van der Waals surface area (Å²) in [6, 6.07) is 7.35. The van der Waals surface area contributed by atoms with E-state index in [1.54, 1.807) is 10.6 Å². The van der Waals surface area contributed by atoms with E-state index in [1.807, 2.05) is 0 Å². The van der Waals surface area contributed by atoms with E-state index in [1.165, 1.54) is 39.9 Å². The van der Waals surface area contributed by atoms with Crippen LogP contribution in [0.5, 0.6) is 0 Å². The summed E-state index contributed by atoms with van der Waals surface area (Å²) in [5.74, 6) is 1.42. The van der Waals surface area contributed by atoms with Gasteiger partial charge in [0.05, 0.1) is 31.9 Å². The first-order valence-electron chi connectivity index (χ1n) is 9.76. The number of hydrogen-bond donors (Lipinski definition) is 0. The van der Waals surface area contributed by atoms with Crippen molar-refractivity contribution >= 4 is 66.1 Å². The average Bonchev–Trinajstić information content (AvgIpc) is 3.38. The summed E-state index contributed by atoms with van der Waals surface area (Å²) in [5, 5.41) is 11.1. The van der Waals surface area contributed by atoms with Crippen LogP contribution in [0.25, 0.3) is 10.2 Å². The topological polar surface area (TPSA) is 115 Å². The summed E-state index contributed by atoms with van der Waals surface area (Å²) in [4.78, 5) is 28.2. The number of sulfonamides is 1. The molecular formula is C20H17ClN4O5S3. The molecule has 0 spiro atoms. The van der Waals surface area contributed by atoms with Gasteiger partial charge < -0.3 is 4.57 Å². The van der Waals surface area contributed by atoms with Gasteiger partial charge in [0, 0.05) is 25.2 Å². The summed E-state index contributed by atoms with van der Waals surface area (Å²) in [6.07, 6.45) is 6.49. The number of piperidine rings is 1. The molecule has 1 aliphatic rings. The predicted octanol–water partition coefficient (Wildman–Crippen LogP) is 3.49. The highest BCUT2D eigenvalue weighted by Crippen LogP contribution is 2.31. The summed E-state index contributed by atoms with van der Waals surface area (Å²) in [5.41, 5.74) is 0.423. The van der Waals surface area contributed by atoms with Crippen LogP contribution >= 0.6 is 34.3 Å². The number of carbonyl (C=O) groups is 1. The highest BCUT2D eigenvalue weighted by atomic mass is 35.5. The molecule has 1 saturated heterocycles. The number of carbonyl (C=O) groups excluding carboxylic acids is 1. The number of halogens is 1. The molecule has 0 bridgehead atoms. The molecule has 3 heterocycles. The van der Waals surface area contributed by atoms with E-state index in [0.29, 0.717) is 38.7 Å². The van der Waals surface area contributed by atoms with E-state index in [2.05, 4.69) is 10.9 Å². The van der Waals surface area contributed by atoms with Gasteiger partial charge in [-0.15, -0.1) is 17.8 Å². The Morgan fingerprint density at radius 1 is 1.33 bits per heavy atom. The lowest BCUT2D eigenvalue weighted by Crippen LogP contribution is -2.42. The number of nitrogens with zero attached hydrogens (tertiary/aromatic N) is 4. The molecule has 1 aliphatic heterocycles. The van der Waals surface area contributed by atoms with Crippen molar-refractivity contribution in [1.82, 2.24) is 8.87 Å². The zero-order chi connectivity index (χ0) is 23.8. The van der Waals surface area contributed by atoms with Crippen molar-refractivity contribution in [2.45, 2.75) is 23.6 Å². The number of non-ortho nitro benzene ring substituents is 1. The maximum Gasteiger partial charge on any atom is 0.271 e. The molecular weight excluding hydrogens is 508 g/mol. The number of terminal acetylenes is 1. The molecule has 0 aliphatic carbocycles. The smallest absolute Gasteiger partial charge is 0.271 e. The van der Waals surface area contributed by atoms with E-state index < -0.39 is 26.8 Å². The first-order valence-corrected chi connectivity index (χ1v) is 13.2. The monoisotopic (exact) mass is 524 g/mol. The molecule has 3 aromatic rings. The van der Waals surface area contributed by atoms with Crippen LogP contribution in [0.1, 0.15) is 12.8 Å². The third-order valence-electron chi connectivity index (χ3n) is 5.21. The maximum absolute atomic E-state index is 13.0. The van der Waals surface area contributed by atoms with Gasteiger partial charge in [0.25, 0.3) is 21.6 Å². The zero-order valence-corrected chi connectivity index (χ0v) is 20.2. The van der Waals surface area contributed by atoms with Crippen LogP contribution < -0.4 is 4.80 Å². The van der Waals surface area contributed by atoms with Crippen molar-refractivity contribution in [3.05, 3.63) is 49.6 Å². The minimum absolute atomic E-state index is 0.0195. The van der Waals surface area contributed by atoms with Gasteiger partial charge in [-0.3, -0.25) is 14.9 Å². The Labute approximate surface area is 202 Å². The minimum Gasteiger partial charge on any atom is -0.304 e. The number of nitro groups is 1. The van der Waals surface area contributed by atoms with Gasteiger partial charge in [0.15, 0.2) is 4.80 Å². The number of nitro benzene ring substituents is 1. The van der Waals surface area contributed by atoms with Crippen LogP contribution in [0.15, 0.2) is 39.5 Å². The second-order valence-electron chi connectivity index (χ2n) is 7.29. The number of hydrogen-bond acceptors (Lipinski definition) is 7. The number of benzene rings is 1. The van der Waals surface area contributed by atoms with Crippen LogP contribution in [0.3, 0.4) is 0 Å². The fourth-order valence-electron chi connectivity index (χ4n) is 3.61. The van der Waals surface area contributed by atoms with Crippen molar-refractivity contribution in [1.29, 1.82) is 0 Å². The van der Waals surface area contributed by atoms with Crippen molar-refractivity contribution in [2.75, 3.05) is 13.1 Å². The summed E-state index contributed by atoms with van der Waals surface area (Å²) < 4.78 is 29.9. The second-order valence-corrected chi connectivity index (χ2v) is 12.2. The highest BCUT2D eigenvalue weighted by Gasteiger charge is 2.34. The van der Waals surface area contributed by atoms with Crippen LogP contribution in [0.4, 0.5) is 5.69 Å². The van der Waals surface area contributed by atoms with E-state index >= 15 is 0 Å². The third-order valence-corrected chi connectivity index (χ3v) is 9.83. The number of rotatable bonds is 5. The van der Waals surface area contributed by atoms with Gasteiger partial charge in [-0.05, 0) is 31.0 Å². The van der Waals surface area contributed by atoms with Gasteiger partial charge in [-0.1, -0.05) is 28.9 Å². The van der Waals surface area contributed by atoms with Crippen molar-refractivity contribution in [3.63, 3.8) is 0 Å². The lowest BCUT2D eigenvalue weighted by atomic mass is 9.99. The lowest BCUT2D eigenvalue weighted by molar-refractivity contribution is -0.384. The molecule has 13 heteroatoms. The average molecular weight is 525 g/mol. The zero-order valence-electron chi connectivity index (χ0n) is 17.0. The van der Waals surface area contributed by atoms with Crippen LogP contribution in [0, 0.1) is 28.4 Å². The molecule has 1 fully saturated rings. The molecule has 172 valence electrons. The quantitative estimate of drug-likeness (QED) is 0.288. The minimum atomic E-state index is -3.75. The molecule has 1 atom stereocenters. The molecule has 0 N–H and O–H groups in total. The molecule has 1 amide bonds. The fraction of sp³-hybridized carbons (Fsp3) is 0.300. The van der Waals surface area contributed by atoms with Crippen LogP contribution in [0.2, 0.25) is 4.34 Å². The number of amides is 1. The summed E-state index contributed by atoms with van der Waals surface area (Å²) in [7, 11) is -3.75. The van der Waals surface area contributed by atoms with Gasteiger partial charge in [0.1, 0.15) is 4.21 Å². The standard InChI is InChI=1S/C20H17ClN4O5S3/c1-2-9-24-15-11-14(25(27)28)5-6-16(15)31-20(24)22-19(26)13-4-3-10-23(12-13)33(29,30)18-8-7-17(21)32-18/h1,5-8,11,13H,3-4,9-10,12H2. The van der Waals surface area contributed by atoms with E-state index in [-0.39, 0.29) is 23.0 Å². The Balaban J connectivity index is 1.65. The SMILES string of the molecule is C#CCn1c(=NC(=O)C2CCCN(S(=O)(=O)c3ccc(Cl)s3)C2)sc2ccc([N+](=O)[O-])cc21. The van der Waals surface area contributed by atoms with Crippen molar-refractivity contribution in [2.24, 2.45) is 10.9 Å². The van der Waals surface area contributed by atoms with Gasteiger partial charge in [-0.2, -0.15) is 9.30 Å². The van der Waals surface area contributed by atoms with E-state index in [0.717, 1.165) is 11.3 Å². The van der Waals surface area contributed by atoms with E-state index in [9.17, 15) is 23.3 Å². The largest absolute Gasteiger partial charge is 0.304 e. The third kappa shape index (κ3) is 4.73.